The maximum absolute atomic E-state index is 9.57. The number of hydrogen-bond acceptors (Lipinski definition) is 5. The van der Waals surface area contributed by atoms with Gasteiger partial charge in [-0.1, -0.05) is 13.0 Å². The van der Waals surface area contributed by atoms with E-state index >= 15 is 0 Å². The molecule has 2 saturated heterocycles. The number of aryl methyl sites for hydroxylation is 1. The van der Waals surface area contributed by atoms with Crippen molar-refractivity contribution < 1.29 is 9.47 Å². The van der Waals surface area contributed by atoms with Crippen molar-refractivity contribution in [3.05, 3.63) is 35.5 Å². The highest BCUT2D eigenvalue weighted by Crippen LogP contribution is 2.37. The van der Waals surface area contributed by atoms with Gasteiger partial charge in [-0.05, 0) is 24.1 Å². The quantitative estimate of drug-likeness (QED) is 0.850. The first-order valence-corrected chi connectivity index (χ1v) is 8.59. The molecular formula is C19H21N3O2. The molecule has 0 amide bonds. The van der Waals surface area contributed by atoms with Crippen molar-refractivity contribution in [3.8, 4) is 6.07 Å². The Morgan fingerprint density at radius 1 is 1.25 bits per heavy atom. The van der Waals surface area contributed by atoms with Crippen LogP contribution in [0.25, 0.3) is 10.9 Å². The van der Waals surface area contributed by atoms with Gasteiger partial charge in [0.25, 0.3) is 0 Å². The van der Waals surface area contributed by atoms with Gasteiger partial charge in [0.2, 0.25) is 0 Å². The lowest BCUT2D eigenvalue weighted by Gasteiger charge is -2.39. The van der Waals surface area contributed by atoms with Crippen LogP contribution in [0.15, 0.2) is 24.4 Å². The second kappa shape index (κ2) is 6.04. The number of hydrogen-bond donors (Lipinski definition) is 0. The zero-order chi connectivity index (χ0) is 16.6. The van der Waals surface area contributed by atoms with E-state index in [9.17, 15) is 5.26 Å². The van der Waals surface area contributed by atoms with Crippen LogP contribution in [0.5, 0.6) is 0 Å². The van der Waals surface area contributed by atoms with Crippen LogP contribution in [0.1, 0.15) is 30.9 Å². The molecule has 0 bridgehead atoms. The van der Waals surface area contributed by atoms with Gasteiger partial charge < -0.3 is 14.4 Å². The molecule has 24 heavy (non-hydrogen) atoms. The molecule has 5 heteroatoms. The second-order valence-electron chi connectivity index (χ2n) is 6.43. The molecule has 5 nitrogen and oxygen atoms in total. The highest BCUT2D eigenvalue weighted by atomic mass is 16.7. The monoisotopic (exact) mass is 323 g/mol. The largest absolute Gasteiger partial charge is 0.369 e. The maximum Gasteiger partial charge on any atom is 0.171 e. The predicted octanol–water partition coefficient (Wildman–Crippen LogP) is 3.01. The fourth-order valence-electron chi connectivity index (χ4n) is 3.72. The highest BCUT2D eigenvalue weighted by Gasteiger charge is 2.40. The number of aromatic nitrogens is 1. The molecule has 1 aromatic carbocycles. The standard InChI is InChI=1S/C19H21N3O2/c1-2-14-3-4-17-16(11-14)18(15(12-20)13-21-17)22-7-5-19(6-8-22)23-9-10-24-19/h3-4,11,13H,2,5-10H2,1H3. The zero-order valence-corrected chi connectivity index (χ0v) is 13.9. The lowest BCUT2D eigenvalue weighted by molar-refractivity contribution is -0.169. The van der Waals surface area contributed by atoms with Gasteiger partial charge in [-0.3, -0.25) is 4.98 Å². The van der Waals surface area contributed by atoms with Gasteiger partial charge in [0.1, 0.15) is 6.07 Å². The molecule has 3 heterocycles. The average molecular weight is 323 g/mol. The molecule has 2 fully saturated rings. The minimum absolute atomic E-state index is 0.402. The summed E-state index contributed by atoms with van der Waals surface area (Å²) >= 11 is 0. The van der Waals surface area contributed by atoms with Crippen molar-refractivity contribution in [2.75, 3.05) is 31.2 Å². The van der Waals surface area contributed by atoms with E-state index in [4.69, 9.17) is 9.47 Å². The van der Waals surface area contributed by atoms with E-state index < -0.39 is 5.79 Å². The predicted molar refractivity (Wildman–Crippen MR) is 91.9 cm³/mol. The first-order chi connectivity index (χ1) is 11.7. The summed E-state index contributed by atoms with van der Waals surface area (Å²) in [5.41, 5.74) is 3.84. The third kappa shape index (κ3) is 2.52. The third-order valence-electron chi connectivity index (χ3n) is 5.09. The van der Waals surface area contributed by atoms with E-state index in [1.54, 1.807) is 6.20 Å². The molecule has 1 spiro atoms. The number of ether oxygens (including phenoxy) is 2. The molecule has 0 radical (unpaired) electrons. The summed E-state index contributed by atoms with van der Waals surface area (Å²) in [6, 6.07) is 8.65. The summed E-state index contributed by atoms with van der Waals surface area (Å²) in [7, 11) is 0. The van der Waals surface area contributed by atoms with Crippen LogP contribution < -0.4 is 4.90 Å². The molecular weight excluding hydrogens is 302 g/mol. The van der Waals surface area contributed by atoms with Gasteiger partial charge in [-0.15, -0.1) is 0 Å². The Labute approximate surface area is 141 Å². The maximum atomic E-state index is 9.57. The Hall–Kier alpha value is -2.16. The lowest BCUT2D eigenvalue weighted by Crippen LogP contribution is -2.45. The second-order valence-corrected chi connectivity index (χ2v) is 6.43. The van der Waals surface area contributed by atoms with Gasteiger partial charge in [0.15, 0.2) is 5.79 Å². The molecule has 2 aliphatic rings. The third-order valence-corrected chi connectivity index (χ3v) is 5.09. The highest BCUT2D eigenvalue weighted by molar-refractivity contribution is 5.95. The average Bonchev–Trinajstić information content (AvgIpc) is 3.09. The van der Waals surface area contributed by atoms with Crippen LogP contribution in [0.3, 0.4) is 0 Å². The molecule has 2 aliphatic heterocycles. The van der Waals surface area contributed by atoms with Crippen molar-refractivity contribution in [1.82, 2.24) is 4.98 Å². The molecule has 124 valence electrons. The van der Waals surface area contributed by atoms with Crippen LogP contribution in [0, 0.1) is 11.3 Å². The van der Waals surface area contributed by atoms with Gasteiger partial charge in [-0.2, -0.15) is 5.26 Å². The van der Waals surface area contributed by atoms with E-state index in [0.717, 1.165) is 48.9 Å². The molecule has 0 saturated carbocycles. The summed E-state index contributed by atoms with van der Waals surface area (Å²) in [5.74, 6) is -0.402. The first kappa shape index (κ1) is 15.4. The topological polar surface area (TPSA) is 58.4 Å². The molecule has 0 unspecified atom stereocenters. The number of anilines is 1. The number of benzene rings is 1. The van der Waals surface area contributed by atoms with Crippen LogP contribution in [-0.4, -0.2) is 37.1 Å². The molecule has 0 atom stereocenters. The molecule has 0 N–H and O–H groups in total. The van der Waals surface area contributed by atoms with E-state index in [1.807, 2.05) is 6.07 Å². The van der Waals surface area contributed by atoms with Crippen molar-refractivity contribution >= 4 is 16.6 Å². The zero-order valence-electron chi connectivity index (χ0n) is 13.9. The van der Waals surface area contributed by atoms with Gasteiger partial charge >= 0.3 is 0 Å². The summed E-state index contributed by atoms with van der Waals surface area (Å²) < 4.78 is 11.6. The van der Waals surface area contributed by atoms with E-state index in [0.29, 0.717) is 18.8 Å². The van der Waals surface area contributed by atoms with Gasteiger partial charge in [-0.25, -0.2) is 0 Å². The van der Waals surface area contributed by atoms with Crippen molar-refractivity contribution in [3.63, 3.8) is 0 Å². The minimum atomic E-state index is -0.402. The van der Waals surface area contributed by atoms with Gasteiger partial charge in [0.05, 0.1) is 30.0 Å². The summed E-state index contributed by atoms with van der Waals surface area (Å²) in [6.07, 6.45) is 4.32. The summed E-state index contributed by atoms with van der Waals surface area (Å²) in [4.78, 5) is 6.75. The smallest absolute Gasteiger partial charge is 0.171 e. The Morgan fingerprint density at radius 2 is 2.00 bits per heavy atom. The number of nitrogens with zero attached hydrogens (tertiary/aromatic N) is 3. The fraction of sp³-hybridized carbons (Fsp3) is 0.474. The Balaban J connectivity index is 1.73. The van der Waals surface area contributed by atoms with Crippen molar-refractivity contribution in [2.24, 2.45) is 0 Å². The Bertz CT molecular complexity index is 796. The molecule has 2 aromatic rings. The van der Waals surface area contributed by atoms with Gasteiger partial charge in [0, 0.05) is 37.5 Å². The summed E-state index contributed by atoms with van der Waals surface area (Å²) in [5, 5.41) is 10.6. The number of rotatable bonds is 2. The lowest BCUT2D eigenvalue weighted by atomic mass is 9.99. The normalized spacial score (nSPS) is 19.8. The number of nitriles is 1. The van der Waals surface area contributed by atoms with Crippen LogP contribution >= 0.6 is 0 Å². The number of piperidine rings is 1. The van der Waals surface area contributed by atoms with Crippen LogP contribution in [0.2, 0.25) is 0 Å². The molecule has 1 aromatic heterocycles. The Kier molecular flexibility index (Phi) is 3.87. The van der Waals surface area contributed by atoms with Crippen LogP contribution in [-0.2, 0) is 15.9 Å². The first-order valence-electron chi connectivity index (χ1n) is 8.59. The molecule has 4 rings (SSSR count). The van der Waals surface area contributed by atoms with E-state index in [-0.39, 0.29) is 0 Å². The van der Waals surface area contributed by atoms with Crippen molar-refractivity contribution in [2.45, 2.75) is 32.0 Å². The van der Waals surface area contributed by atoms with E-state index in [1.165, 1.54) is 5.56 Å². The van der Waals surface area contributed by atoms with Crippen LogP contribution in [0.4, 0.5) is 5.69 Å². The minimum Gasteiger partial charge on any atom is -0.369 e. The number of fused-ring (bicyclic) bond motifs is 1. The summed E-state index contributed by atoms with van der Waals surface area (Å²) in [6.45, 7) is 5.15. The number of pyridine rings is 1. The van der Waals surface area contributed by atoms with E-state index in [2.05, 4.69) is 35.0 Å². The fourth-order valence-corrected chi connectivity index (χ4v) is 3.72. The molecule has 0 aliphatic carbocycles. The SMILES string of the molecule is CCc1ccc2ncc(C#N)c(N3CCC4(CC3)OCCO4)c2c1. The van der Waals surface area contributed by atoms with Crippen molar-refractivity contribution in [1.29, 1.82) is 5.26 Å². The Morgan fingerprint density at radius 3 is 2.67 bits per heavy atom.